The lowest BCUT2D eigenvalue weighted by Gasteiger charge is -2.06. The normalized spacial score (nSPS) is 9.90. The number of carbonyl (C=O) groups excluding carboxylic acids is 2. The highest BCUT2D eigenvalue weighted by atomic mass is 16.5. The van der Waals surface area contributed by atoms with Crippen LogP contribution in [0.5, 0.6) is 5.75 Å². The van der Waals surface area contributed by atoms with Crippen LogP contribution >= 0.6 is 0 Å². The molecule has 0 radical (unpaired) electrons. The van der Waals surface area contributed by atoms with Crippen LogP contribution in [-0.4, -0.2) is 36.0 Å². The molecule has 1 aromatic carbocycles. The summed E-state index contributed by atoms with van der Waals surface area (Å²) in [5.74, 6) is -1.20. The second kappa shape index (κ2) is 8.57. The summed E-state index contributed by atoms with van der Waals surface area (Å²) in [5, 5.41) is 11.2. The SMILES string of the molecule is NC(=O)COc1ccc(C(=O)NCCCCC(=O)O)cc1. The van der Waals surface area contributed by atoms with Gasteiger partial charge in [0.1, 0.15) is 5.75 Å². The summed E-state index contributed by atoms with van der Waals surface area (Å²) < 4.78 is 5.08. The number of carbonyl (C=O) groups is 3. The maximum Gasteiger partial charge on any atom is 0.303 e. The Morgan fingerprint density at radius 2 is 1.81 bits per heavy atom. The molecule has 21 heavy (non-hydrogen) atoms. The summed E-state index contributed by atoms with van der Waals surface area (Å²) in [7, 11) is 0. The molecule has 0 fully saturated rings. The number of aliphatic carboxylic acids is 1. The van der Waals surface area contributed by atoms with E-state index in [1.54, 1.807) is 24.3 Å². The first-order chi connectivity index (χ1) is 9.99. The summed E-state index contributed by atoms with van der Waals surface area (Å²) in [4.78, 5) is 32.7. The Morgan fingerprint density at radius 1 is 1.14 bits per heavy atom. The van der Waals surface area contributed by atoms with E-state index >= 15 is 0 Å². The Labute approximate surface area is 122 Å². The highest BCUT2D eigenvalue weighted by Crippen LogP contribution is 2.12. The zero-order valence-corrected chi connectivity index (χ0v) is 11.5. The molecule has 0 aliphatic rings. The van der Waals surface area contributed by atoms with Gasteiger partial charge in [-0.15, -0.1) is 0 Å². The van der Waals surface area contributed by atoms with Gasteiger partial charge in [0.15, 0.2) is 6.61 Å². The van der Waals surface area contributed by atoms with E-state index in [0.29, 0.717) is 30.7 Å². The molecule has 4 N–H and O–H groups in total. The lowest BCUT2D eigenvalue weighted by atomic mass is 10.2. The first-order valence-electron chi connectivity index (χ1n) is 6.50. The van der Waals surface area contributed by atoms with Crippen LogP contribution in [0.2, 0.25) is 0 Å². The highest BCUT2D eigenvalue weighted by molar-refractivity contribution is 5.94. The average molecular weight is 294 g/mol. The molecule has 0 saturated carbocycles. The van der Waals surface area contributed by atoms with Crippen molar-refractivity contribution in [1.82, 2.24) is 5.32 Å². The van der Waals surface area contributed by atoms with Gasteiger partial charge < -0.3 is 20.9 Å². The van der Waals surface area contributed by atoms with Crippen LogP contribution in [0.3, 0.4) is 0 Å². The van der Waals surface area contributed by atoms with Crippen molar-refractivity contribution >= 4 is 17.8 Å². The van der Waals surface area contributed by atoms with E-state index in [4.69, 9.17) is 15.6 Å². The maximum atomic E-state index is 11.8. The molecule has 0 aliphatic carbocycles. The molecular formula is C14H18N2O5. The van der Waals surface area contributed by atoms with Crippen LogP contribution in [0.25, 0.3) is 0 Å². The molecule has 0 aliphatic heterocycles. The number of hydrogen-bond donors (Lipinski definition) is 3. The molecule has 0 heterocycles. The third kappa shape index (κ3) is 6.95. The van der Waals surface area contributed by atoms with Gasteiger partial charge in [0.05, 0.1) is 0 Å². The number of unbranched alkanes of at least 4 members (excludes halogenated alkanes) is 1. The first-order valence-corrected chi connectivity index (χ1v) is 6.50. The van der Waals surface area contributed by atoms with E-state index in [1.165, 1.54) is 0 Å². The number of hydrogen-bond acceptors (Lipinski definition) is 4. The number of amides is 2. The van der Waals surface area contributed by atoms with Gasteiger partial charge in [0, 0.05) is 18.5 Å². The minimum atomic E-state index is -0.840. The molecule has 1 aromatic rings. The first kappa shape index (κ1) is 16.5. The molecule has 0 spiro atoms. The number of rotatable bonds is 9. The zero-order valence-electron chi connectivity index (χ0n) is 11.5. The molecule has 0 unspecified atom stereocenters. The maximum absolute atomic E-state index is 11.8. The lowest BCUT2D eigenvalue weighted by Crippen LogP contribution is -2.24. The highest BCUT2D eigenvalue weighted by Gasteiger charge is 2.05. The van der Waals surface area contributed by atoms with Crippen molar-refractivity contribution < 1.29 is 24.2 Å². The van der Waals surface area contributed by atoms with Gasteiger partial charge in [-0.2, -0.15) is 0 Å². The number of carboxylic acid groups (broad SMARTS) is 1. The lowest BCUT2D eigenvalue weighted by molar-refractivity contribution is -0.137. The van der Waals surface area contributed by atoms with Crippen LogP contribution in [0.1, 0.15) is 29.6 Å². The molecule has 114 valence electrons. The fourth-order valence-corrected chi connectivity index (χ4v) is 1.56. The molecule has 7 nitrogen and oxygen atoms in total. The second-order valence-corrected chi connectivity index (χ2v) is 4.39. The van der Waals surface area contributed by atoms with Gasteiger partial charge in [-0.05, 0) is 37.1 Å². The summed E-state index contributed by atoms with van der Waals surface area (Å²) >= 11 is 0. The van der Waals surface area contributed by atoms with Crippen molar-refractivity contribution in [3.8, 4) is 5.75 Å². The second-order valence-electron chi connectivity index (χ2n) is 4.39. The number of primary amides is 1. The van der Waals surface area contributed by atoms with Gasteiger partial charge >= 0.3 is 5.97 Å². The Morgan fingerprint density at radius 3 is 2.38 bits per heavy atom. The van der Waals surface area contributed by atoms with E-state index in [0.717, 1.165) is 0 Å². The summed E-state index contributed by atoms with van der Waals surface area (Å²) in [6.07, 6.45) is 1.23. The number of carboxylic acids is 1. The predicted octanol–water partition coefficient (Wildman–Crippen LogP) is 0.535. The van der Waals surface area contributed by atoms with Crippen molar-refractivity contribution in [2.75, 3.05) is 13.2 Å². The van der Waals surface area contributed by atoms with E-state index in [-0.39, 0.29) is 18.9 Å². The largest absolute Gasteiger partial charge is 0.484 e. The van der Waals surface area contributed by atoms with Crippen molar-refractivity contribution in [2.45, 2.75) is 19.3 Å². The van der Waals surface area contributed by atoms with Gasteiger partial charge in [-0.25, -0.2) is 0 Å². The van der Waals surface area contributed by atoms with Crippen molar-refractivity contribution in [3.63, 3.8) is 0 Å². The van der Waals surface area contributed by atoms with E-state index in [1.807, 2.05) is 0 Å². The molecule has 0 saturated heterocycles. The quantitative estimate of drug-likeness (QED) is 0.574. The zero-order chi connectivity index (χ0) is 15.7. The van der Waals surface area contributed by atoms with Crippen LogP contribution in [0.4, 0.5) is 0 Å². The average Bonchev–Trinajstić information content (AvgIpc) is 2.44. The van der Waals surface area contributed by atoms with Crippen LogP contribution < -0.4 is 15.8 Å². The summed E-state index contributed by atoms with van der Waals surface area (Å²) in [6.45, 7) is 0.209. The van der Waals surface area contributed by atoms with Gasteiger partial charge in [0.25, 0.3) is 11.8 Å². The number of nitrogens with two attached hydrogens (primary N) is 1. The van der Waals surface area contributed by atoms with E-state index in [9.17, 15) is 14.4 Å². The van der Waals surface area contributed by atoms with E-state index in [2.05, 4.69) is 5.32 Å². The Balaban J connectivity index is 2.34. The third-order valence-corrected chi connectivity index (χ3v) is 2.60. The van der Waals surface area contributed by atoms with Crippen LogP contribution in [0, 0.1) is 0 Å². The monoisotopic (exact) mass is 294 g/mol. The van der Waals surface area contributed by atoms with Crippen molar-refractivity contribution in [1.29, 1.82) is 0 Å². The van der Waals surface area contributed by atoms with Gasteiger partial charge in [-0.1, -0.05) is 0 Å². The predicted molar refractivity (Wildman–Crippen MR) is 75.0 cm³/mol. The van der Waals surface area contributed by atoms with Crippen molar-refractivity contribution in [2.24, 2.45) is 5.73 Å². The topological polar surface area (TPSA) is 119 Å². The Kier molecular flexibility index (Phi) is 6.73. The Bertz CT molecular complexity index is 499. The van der Waals surface area contributed by atoms with Crippen LogP contribution in [0.15, 0.2) is 24.3 Å². The third-order valence-electron chi connectivity index (χ3n) is 2.60. The van der Waals surface area contributed by atoms with Gasteiger partial charge in [-0.3, -0.25) is 14.4 Å². The minimum absolute atomic E-state index is 0.0990. The number of nitrogens with one attached hydrogen (secondary N) is 1. The molecule has 0 aromatic heterocycles. The summed E-state index contributed by atoms with van der Waals surface area (Å²) in [5.41, 5.74) is 5.41. The Hall–Kier alpha value is -2.57. The molecule has 1 rings (SSSR count). The van der Waals surface area contributed by atoms with Gasteiger partial charge in [0.2, 0.25) is 0 Å². The smallest absolute Gasteiger partial charge is 0.303 e. The minimum Gasteiger partial charge on any atom is -0.484 e. The van der Waals surface area contributed by atoms with Crippen molar-refractivity contribution in [3.05, 3.63) is 29.8 Å². The molecule has 0 bridgehead atoms. The summed E-state index contributed by atoms with van der Waals surface area (Å²) in [6, 6.07) is 6.29. The molecule has 2 amide bonds. The standard InChI is InChI=1S/C14H18N2O5/c15-12(17)9-21-11-6-4-10(5-7-11)14(20)16-8-2-1-3-13(18)19/h4-7H,1-3,8-9H2,(H2,15,17)(H,16,20)(H,18,19). The number of ether oxygens (including phenoxy) is 1. The molecule has 0 atom stereocenters. The van der Waals surface area contributed by atoms with E-state index < -0.39 is 11.9 Å². The molecular weight excluding hydrogens is 276 g/mol. The fourth-order valence-electron chi connectivity index (χ4n) is 1.56. The van der Waals surface area contributed by atoms with Crippen LogP contribution in [-0.2, 0) is 9.59 Å². The molecule has 7 heteroatoms. The fraction of sp³-hybridized carbons (Fsp3) is 0.357. The number of benzene rings is 1.